The number of esters is 1. The number of carbonyl (C=O) groups is 1. The Hall–Kier alpha value is -2.54. The average Bonchev–Trinajstić information content (AvgIpc) is 3.01. The first-order valence-electron chi connectivity index (χ1n) is 7.58. The summed E-state index contributed by atoms with van der Waals surface area (Å²) in [5.41, 5.74) is 2.01. The largest absolute Gasteiger partial charge is 0.465 e. The zero-order chi connectivity index (χ0) is 17.8. The Bertz CT molecular complexity index is 894. The van der Waals surface area contributed by atoms with Gasteiger partial charge >= 0.3 is 5.97 Å². The molecule has 3 rings (SSSR count). The summed E-state index contributed by atoms with van der Waals surface area (Å²) >= 11 is 3.48. The Morgan fingerprint density at radius 1 is 1.24 bits per heavy atom. The highest BCUT2D eigenvalue weighted by Crippen LogP contribution is 2.23. The molecule has 0 aliphatic carbocycles. The minimum absolute atomic E-state index is 0.253. The van der Waals surface area contributed by atoms with Crippen molar-refractivity contribution in [3.63, 3.8) is 0 Å². The molecule has 0 atom stereocenters. The van der Waals surface area contributed by atoms with Crippen molar-refractivity contribution in [3.05, 3.63) is 70.3 Å². The molecule has 2 heterocycles. The lowest BCUT2D eigenvalue weighted by atomic mass is 10.1. The Kier molecular flexibility index (Phi) is 5.23. The standard InChI is InChI=1S/C18H15BrFN3O2/c1-25-18(24)13-6-8-21-15(10-13)17-22-11-16(19)23(17)9-7-12-2-4-14(20)5-3-12/h2-6,8,10-11H,7,9H2,1H3. The number of benzene rings is 1. The topological polar surface area (TPSA) is 57.0 Å². The van der Waals surface area contributed by atoms with Crippen molar-refractivity contribution in [2.45, 2.75) is 13.0 Å². The minimum Gasteiger partial charge on any atom is -0.465 e. The molecule has 0 saturated heterocycles. The van der Waals surface area contributed by atoms with E-state index in [1.165, 1.54) is 19.2 Å². The summed E-state index contributed by atoms with van der Waals surface area (Å²) in [6, 6.07) is 9.65. The van der Waals surface area contributed by atoms with E-state index in [0.717, 1.165) is 10.2 Å². The predicted octanol–water partition coefficient (Wildman–Crippen LogP) is 3.88. The number of rotatable bonds is 5. The molecular formula is C18H15BrFN3O2. The molecule has 0 aliphatic rings. The molecule has 128 valence electrons. The molecule has 2 aromatic heterocycles. The van der Waals surface area contributed by atoms with Crippen molar-refractivity contribution >= 4 is 21.9 Å². The number of pyridine rings is 1. The lowest BCUT2D eigenvalue weighted by Crippen LogP contribution is -2.06. The van der Waals surface area contributed by atoms with Crippen LogP contribution >= 0.6 is 15.9 Å². The van der Waals surface area contributed by atoms with Crippen LogP contribution in [0.1, 0.15) is 15.9 Å². The maximum absolute atomic E-state index is 13.0. The average molecular weight is 404 g/mol. The molecule has 25 heavy (non-hydrogen) atoms. The molecule has 1 aromatic carbocycles. The summed E-state index contributed by atoms with van der Waals surface area (Å²) in [5, 5.41) is 0. The van der Waals surface area contributed by atoms with E-state index in [-0.39, 0.29) is 5.82 Å². The molecule has 0 aliphatic heterocycles. The number of hydrogen-bond donors (Lipinski definition) is 0. The van der Waals surface area contributed by atoms with Gasteiger partial charge in [-0.1, -0.05) is 12.1 Å². The Balaban J connectivity index is 1.86. The number of imidazole rings is 1. The monoisotopic (exact) mass is 403 g/mol. The van der Waals surface area contributed by atoms with Gasteiger partial charge in [-0.05, 0) is 52.2 Å². The highest BCUT2D eigenvalue weighted by atomic mass is 79.9. The summed E-state index contributed by atoms with van der Waals surface area (Å²) < 4.78 is 20.5. The predicted molar refractivity (Wildman–Crippen MR) is 94.6 cm³/mol. The van der Waals surface area contributed by atoms with Gasteiger partial charge in [0, 0.05) is 12.7 Å². The SMILES string of the molecule is COC(=O)c1ccnc(-c2ncc(Br)n2CCc2ccc(F)cc2)c1. The number of hydrogen-bond acceptors (Lipinski definition) is 4. The van der Waals surface area contributed by atoms with Crippen LogP contribution in [0.4, 0.5) is 4.39 Å². The molecule has 0 unspecified atom stereocenters. The van der Waals surface area contributed by atoms with Crippen molar-refractivity contribution in [2.75, 3.05) is 7.11 Å². The highest BCUT2D eigenvalue weighted by Gasteiger charge is 2.14. The van der Waals surface area contributed by atoms with Gasteiger partial charge in [0.15, 0.2) is 5.82 Å². The van der Waals surface area contributed by atoms with Crippen LogP contribution in [0.5, 0.6) is 0 Å². The van der Waals surface area contributed by atoms with Crippen molar-refractivity contribution in [1.82, 2.24) is 14.5 Å². The lowest BCUT2D eigenvalue weighted by molar-refractivity contribution is 0.0600. The van der Waals surface area contributed by atoms with E-state index in [1.54, 1.807) is 36.7 Å². The van der Waals surface area contributed by atoms with Crippen LogP contribution in [0.2, 0.25) is 0 Å². The van der Waals surface area contributed by atoms with Crippen LogP contribution in [0.3, 0.4) is 0 Å². The van der Waals surface area contributed by atoms with Crippen LogP contribution in [0.15, 0.2) is 53.4 Å². The molecular weight excluding hydrogens is 389 g/mol. The minimum atomic E-state index is -0.424. The molecule has 0 bridgehead atoms. The zero-order valence-corrected chi connectivity index (χ0v) is 15.0. The number of aromatic nitrogens is 3. The Labute approximate surface area is 152 Å². The van der Waals surface area contributed by atoms with E-state index in [4.69, 9.17) is 4.74 Å². The molecule has 7 heteroatoms. The van der Waals surface area contributed by atoms with E-state index < -0.39 is 5.97 Å². The van der Waals surface area contributed by atoms with Gasteiger partial charge in [0.2, 0.25) is 0 Å². The summed E-state index contributed by atoms with van der Waals surface area (Å²) in [7, 11) is 1.34. The third-order valence-electron chi connectivity index (χ3n) is 3.75. The maximum atomic E-state index is 13.0. The molecule has 0 amide bonds. The van der Waals surface area contributed by atoms with Crippen LogP contribution in [0.25, 0.3) is 11.5 Å². The Morgan fingerprint density at radius 2 is 2.00 bits per heavy atom. The first-order valence-corrected chi connectivity index (χ1v) is 8.38. The summed E-state index contributed by atoms with van der Waals surface area (Å²) in [6.07, 6.45) is 3.94. The normalized spacial score (nSPS) is 10.7. The smallest absolute Gasteiger partial charge is 0.337 e. The van der Waals surface area contributed by atoms with Gasteiger partial charge in [-0.25, -0.2) is 14.2 Å². The van der Waals surface area contributed by atoms with Gasteiger partial charge in [0.05, 0.1) is 18.9 Å². The van der Waals surface area contributed by atoms with Crippen molar-refractivity contribution in [1.29, 1.82) is 0 Å². The lowest BCUT2D eigenvalue weighted by Gasteiger charge is -2.10. The molecule has 0 saturated carbocycles. The molecule has 5 nitrogen and oxygen atoms in total. The number of aryl methyl sites for hydroxylation is 1. The van der Waals surface area contributed by atoms with E-state index in [1.807, 2.05) is 4.57 Å². The number of nitrogens with zero attached hydrogens (tertiary/aromatic N) is 3. The molecule has 0 fully saturated rings. The van der Waals surface area contributed by atoms with Crippen LogP contribution in [0, 0.1) is 5.82 Å². The summed E-state index contributed by atoms with van der Waals surface area (Å²) in [6.45, 7) is 0.631. The van der Waals surface area contributed by atoms with Crippen molar-refractivity contribution in [3.8, 4) is 11.5 Å². The number of ether oxygens (including phenoxy) is 1. The van der Waals surface area contributed by atoms with Crippen LogP contribution < -0.4 is 0 Å². The van der Waals surface area contributed by atoms with E-state index in [0.29, 0.717) is 30.0 Å². The second-order valence-corrected chi connectivity index (χ2v) is 6.17. The van der Waals surface area contributed by atoms with Crippen molar-refractivity contribution in [2.24, 2.45) is 0 Å². The van der Waals surface area contributed by atoms with Crippen LogP contribution in [-0.2, 0) is 17.7 Å². The first kappa shape index (κ1) is 17.3. The van der Waals surface area contributed by atoms with Gasteiger partial charge in [0.25, 0.3) is 0 Å². The molecule has 3 aromatic rings. The second-order valence-electron chi connectivity index (χ2n) is 5.35. The summed E-state index contributed by atoms with van der Waals surface area (Å²) in [5.74, 6) is -0.0380. The molecule has 0 radical (unpaired) electrons. The fourth-order valence-electron chi connectivity index (χ4n) is 2.46. The highest BCUT2D eigenvalue weighted by molar-refractivity contribution is 9.10. The number of halogens is 2. The van der Waals surface area contributed by atoms with E-state index in [9.17, 15) is 9.18 Å². The first-order chi connectivity index (χ1) is 12.1. The molecule has 0 spiro atoms. The summed E-state index contributed by atoms with van der Waals surface area (Å²) in [4.78, 5) is 20.4. The number of methoxy groups -OCH3 is 1. The van der Waals surface area contributed by atoms with E-state index >= 15 is 0 Å². The Morgan fingerprint density at radius 3 is 2.72 bits per heavy atom. The van der Waals surface area contributed by atoms with Gasteiger partial charge in [-0.3, -0.25) is 4.98 Å². The third-order valence-corrected chi connectivity index (χ3v) is 4.39. The number of carbonyl (C=O) groups excluding carboxylic acids is 1. The fourth-order valence-corrected chi connectivity index (χ4v) is 2.91. The van der Waals surface area contributed by atoms with Gasteiger partial charge in [-0.2, -0.15) is 0 Å². The fraction of sp³-hybridized carbons (Fsp3) is 0.167. The van der Waals surface area contributed by atoms with Gasteiger partial charge in [0.1, 0.15) is 16.1 Å². The van der Waals surface area contributed by atoms with Gasteiger partial charge in [-0.15, -0.1) is 0 Å². The quantitative estimate of drug-likeness (QED) is 0.606. The van der Waals surface area contributed by atoms with Gasteiger partial charge < -0.3 is 9.30 Å². The van der Waals surface area contributed by atoms with Crippen LogP contribution in [-0.4, -0.2) is 27.6 Å². The second kappa shape index (κ2) is 7.57. The zero-order valence-electron chi connectivity index (χ0n) is 13.4. The third kappa shape index (κ3) is 3.93. The van der Waals surface area contributed by atoms with E-state index in [2.05, 4.69) is 25.9 Å². The molecule has 0 N–H and O–H groups in total. The maximum Gasteiger partial charge on any atom is 0.337 e. The van der Waals surface area contributed by atoms with Crippen molar-refractivity contribution < 1.29 is 13.9 Å².